The summed E-state index contributed by atoms with van der Waals surface area (Å²) in [4.78, 5) is 14.7. The first-order valence-corrected chi connectivity index (χ1v) is 7.78. The van der Waals surface area contributed by atoms with Crippen LogP contribution in [0.2, 0.25) is 0 Å². The molecule has 124 valence electrons. The van der Waals surface area contributed by atoms with Gasteiger partial charge >= 0.3 is 0 Å². The van der Waals surface area contributed by atoms with Crippen molar-refractivity contribution in [2.45, 2.75) is 12.0 Å². The van der Waals surface area contributed by atoms with E-state index in [1.54, 1.807) is 27.4 Å². The lowest BCUT2D eigenvalue weighted by Gasteiger charge is -2.15. The Morgan fingerprint density at radius 2 is 2.21 bits per heavy atom. The smallest absolute Gasteiger partial charge is 0.257 e. The van der Waals surface area contributed by atoms with Gasteiger partial charge in [-0.25, -0.2) is 4.52 Å². The van der Waals surface area contributed by atoms with Gasteiger partial charge < -0.3 is 9.64 Å². The molecule has 1 amide bonds. The third kappa shape index (κ3) is 2.35. The third-order valence-electron chi connectivity index (χ3n) is 4.51. The first kappa shape index (κ1) is 14.8. The Balaban J connectivity index is 1.61. The van der Waals surface area contributed by atoms with Crippen LogP contribution in [0, 0.1) is 0 Å². The number of aromatic nitrogens is 5. The summed E-state index contributed by atoms with van der Waals surface area (Å²) in [5.74, 6) is -0.0147. The lowest BCUT2D eigenvalue weighted by molar-refractivity contribution is 0.0716. The molecular weight excluding hydrogens is 308 g/mol. The summed E-state index contributed by atoms with van der Waals surface area (Å²) in [6, 6.07) is 5.68. The number of hydrogen-bond acceptors (Lipinski definition) is 5. The van der Waals surface area contributed by atoms with Crippen molar-refractivity contribution in [3.63, 3.8) is 0 Å². The molecule has 1 aliphatic rings. The molecule has 24 heavy (non-hydrogen) atoms. The lowest BCUT2D eigenvalue weighted by Crippen LogP contribution is -2.29. The molecule has 2 atom stereocenters. The predicted molar refractivity (Wildman–Crippen MR) is 85.6 cm³/mol. The summed E-state index contributed by atoms with van der Waals surface area (Å²) >= 11 is 0. The number of amides is 1. The van der Waals surface area contributed by atoms with E-state index in [9.17, 15) is 4.79 Å². The number of likely N-dealkylation sites (tertiary alicyclic amines) is 1. The van der Waals surface area contributed by atoms with Gasteiger partial charge in [-0.05, 0) is 12.1 Å². The largest absolute Gasteiger partial charge is 0.379 e. The average Bonchev–Trinajstić information content (AvgIpc) is 3.31. The molecule has 0 unspecified atom stereocenters. The van der Waals surface area contributed by atoms with E-state index in [0.717, 1.165) is 11.2 Å². The van der Waals surface area contributed by atoms with Crippen molar-refractivity contribution in [3.05, 3.63) is 48.0 Å². The normalized spacial score (nSPS) is 20.8. The van der Waals surface area contributed by atoms with Crippen LogP contribution in [-0.2, 0) is 11.8 Å². The highest BCUT2D eigenvalue weighted by molar-refractivity contribution is 6.00. The minimum atomic E-state index is -0.0903. The first-order valence-electron chi connectivity index (χ1n) is 7.78. The summed E-state index contributed by atoms with van der Waals surface area (Å²) < 4.78 is 8.95. The minimum Gasteiger partial charge on any atom is -0.379 e. The fourth-order valence-electron chi connectivity index (χ4n) is 3.27. The molecule has 0 spiro atoms. The number of methoxy groups -OCH3 is 1. The topological polar surface area (TPSA) is 77.5 Å². The van der Waals surface area contributed by atoms with Gasteiger partial charge in [0.1, 0.15) is 0 Å². The van der Waals surface area contributed by atoms with Crippen LogP contribution >= 0.6 is 0 Å². The number of hydrogen-bond donors (Lipinski definition) is 0. The molecule has 3 aromatic rings. The van der Waals surface area contributed by atoms with Gasteiger partial charge in [0.15, 0.2) is 0 Å². The summed E-state index contributed by atoms with van der Waals surface area (Å²) in [5, 5.41) is 12.4. The number of fused-ring (bicyclic) bond motifs is 1. The van der Waals surface area contributed by atoms with E-state index in [4.69, 9.17) is 4.74 Å². The van der Waals surface area contributed by atoms with Crippen LogP contribution in [0.3, 0.4) is 0 Å². The number of pyridine rings is 1. The van der Waals surface area contributed by atoms with Crippen LogP contribution in [0.4, 0.5) is 0 Å². The highest BCUT2D eigenvalue weighted by atomic mass is 16.5. The predicted octanol–water partition coefficient (Wildman–Crippen LogP) is 0.717. The molecule has 8 heteroatoms. The number of rotatable bonds is 3. The van der Waals surface area contributed by atoms with Crippen LogP contribution in [0.15, 0.2) is 36.8 Å². The fraction of sp³-hybridized carbons (Fsp3) is 0.375. The summed E-state index contributed by atoms with van der Waals surface area (Å²) in [6.07, 6.45) is 5.23. The monoisotopic (exact) mass is 326 g/mol. The Bertz CT molecular complexity index is 885. The first-order chi connectivity index (χ1) is 11.7. The van der Waals surface area contributed by atoms with Gasteiger partial charge in [-0.1, -0.05) is 11.3 Å². The van der Waals surface area contributed by atoms with Gasteiger partial charge in [0, 0.05) is 39.6 Å². The van der Waals surface area contributed by atoms with E-state index in [-0.39, 0.29) is 17.9 Å². The number of carbonyl (C=O) groups excluding carboxylic acids is 1. The Labute approximate surface area is 138 Å². The standard InChI is InChI=1S/C16H18N6O2/c1-20-9-13(18-19-20)12-8-21(10-15(12)24-2)16(23)11-7-17-22-6-4-3-5-14(11)22/h3-7,9,12,15H,8,10H2,1-2H3/t12-,15+/m0/s1. The molecular formula is C16H18N6O2. The zero-order valence-corrected chi connectivity index (χ0v) is 13.5. The number of ether oxygens (including phenoxy) is 1. The van der Waals surface area contributed by atoms with Crippen molar-refractivity contribution in [2.75, 3.05) is 20.2 Å². The van der Waals surface area contributed by atoms with Gasteiger partial charge in [-0.15, -0.1) is 5.10 Å². The average molecular weight is 326 g/mol. The summed E-state index contributed by atoms with van der Waals surface area (Å²) in [5.41, 5.74) is 2.25. The molecule has 8 nitrogen and oxygen atoms in total. The maximum absolute atomic E-state index is 12.9. The van der Waals surface area contributed by atoms with Crippen LogP contribution in [0.25, 0.3) is 5.52 Å². The van der Waals surface area contributed by atoms with E-state index >= 15 is 0 Å². The van der Waals surface area contributed by atoms with Crippen molar-refractivity contribution in [1.82, 2.24) is 29.5 Å². The van der Waals surface area contributed by atoms with Gasteiger partial charge in [0.25, 0.3) is 5.91 Å². The zero-order chi connectivity index (χ0) is 16.7. The van der Waals surface area contributed by atoms with Crippen molar-refractivity contribution >= 4 is 11.4 Å². The second-order valence-corrected chi connectivity index (χ2v) is 6.00. The third-order valence-corrected chi connectivity index (χ3v) is 4.51. The van der Waals surface area contributed by atoms with Crippen LogP contribution in [-0.4, -0.2) is 61.7 Å². The van der Waals surface area contributed by atoms with Crippen LogP contribution < -0.4 is 0 Å². The van der Waals surface area contributed by atoms with Gasteiger partial charge in [-0.2, -0.15) is 5.10 Å². The van der Waals surface area contributed by atoms with Gasteiger partial charge in [0.05, 0.1) is 35.0 Å². The van der Waals surface area contributed by atoms with E-state index in [1.165, 1.54) is 0 Å². The van der Waals surface area contributed by atoms with Crippen molar-refractivity contribution in [3.8, 4) is 0 Å². The Kier molecular flexibility index (Phi) is 3.53. The molecule has 1 saturated heterocycles. The maximum atomic E-state index is 12.9. The molecule has 3 aromatic heterocycles. The molecule has 1 fully saturated rings. The molecule has 0 bridgehead atoms. The second-order valence-electron chi connectivity index (χ2n) is 6.00. The Morgan fingerprint density at radius 1 is 1.33 bits per heavy atom. The SMILES string of the molecule is CO[C@@H]1CN(C(=O)c2cnn3ccccc23)C[C@H]1c1cn(C)nn1. The molecule has 0 radical (unpaired) electrons. The maximum Gasteiger partial charge on any atom is 0.257 e. The van der Waals surface area contributed by atoms with E-state index in [2.05, 4.69) is 15.4 Å². The van der Waals surface area contributed by atoms with E-state index in [1.807, 2.05) is 37.6 Å². The molecule has 4 heterocycles. The number of nitrogens with zero attached hydrogens (tertiary/aromatic N) is 6. The minimum absolute atomic E-state index is 0.0227. The molecule has 0 saturated carbocycles. The zero-order valence-electron chi connectivity index (χ0n) is 13.5. The molecule has 4 rings (SSSR count). The van der Waals surface area contributed by atoms with Crippen LogP contribution in [0.1, 0.15) is 22.0 Å². The molecule has 1 aliphatic heterocycles. The van der Waals surface area contributed by atoms with Gasteiger partial charge in [0.2, 0.25) is 0 Å². The quantitative estimate of drug-likeness (QED) is 0.709. The van der Waals surface area contributed by atoms with Crippen molar-refractivity contribution in [2.24, 2.45) is 7.05 Å². The van der Waals surface area contributed by atoms with E-state index in [0.29, 0.717) is 18.7 Å². The molecule has 0 aromatic carbocycles. The Morgan fingerprint density at radius 3 is 2.96 bits per heavy atom. The summed E-state index contributed by atoms with van der Waals surface area (Å²) in [7, 11) is 3.49. The number of aryl methyl sites for hydroxylation is 1. The van der Waals surface area contributed by atoms with Gasteiger partial charge in [-0.3, -0.25) is 9.48 Å². The summed E-state index contributed by atoms with van der Waals surface area (Å²) in [6.45, 7) is 1.08. The van der Waals surface area contributed by atoms with Crippen LogP contribution in [0.5, 0.6) is 0 Å². The molecule has 0 aliphatic carbocycles. The lowest BCUT2D eigenvalue weighted by atomic mass is 10.0. The highest BCUT2D eigenvalue weighted by Crippen LogP contribution is 2.29. The molecule has 0 N–H and O–H groups in total. The number of carbonyl (C=O) groups is 1. The highest BCUT2D eigenvalue weighted by Gasteiger charge is 2.38. The van der Waals surface area contributed by atoms with Crippen molar-refractivity contribution in [1.29, 1.82) is 0 Å². The van der Waals surface area contributed by atoms with Crippen molar-refractivity contribution < 1.29 is 9.53 Å². The second kappa shape index (κ2) is 5.72. The Hall–Kier alpha value is -2.74. The van der Waals surface area contributed by atoms with E-state index < -0.39 is 0 Å². The fourth-order valence-corrected chi connectivity index (χ4v) is 3.27.